The van der Waals surface area contributed by atoms with E-state index in [-0.39, 0.29) is 34.6 Å². The molecule has 2 aromatic heterocycles. The van der Waals surface area contributed by atoms with Gasteiger partial charge in [-0.25, -0.2) is 22.0 Å². The summed E-state index contributed by atoms with van der Waals surface area (Å²) in [4.78, 5) is 17.5. The molecule has 0 unspecified atom stereocenters. The number of hydrogen-bond acceptors (Lipinski definition) is 7. The van der Waals surface area contributed by atoms with E-state index in [2.05, 4.69) is 10.9 Å². The van der Waals surface area contributed by atoms with Crippen LogP contribution in [0.3, 0.4) is 0 Å². The fraction of sp³-hybridized carbons (Fsp3) is 0.300. The first kappa shape index (κ1) is 23.8. The average Bonchev–Trinajstić information content (AvgIpc) is 3.42. The third-order valence-electron chi connectivity index (χ3n) is 5.33. The van der Waals surface area contributed by atoms with Crippen LogP contribution in [-0.2, 0) is 31.4 Å². The van der Waals surface area contributed by atoms with Crippen LogP contribution in [0.1, 0.15) is 12.8 Å². The molecule has 1 fully saturated rings. The fourth-order valence-corrected chi connectivity index (χ4v) is 7.93. The van der Waals surface area contributed by atoms with Crippen LogP contribution in [0.4, 0.5) is 0 Å². The summed E-state index contributed by atoms with van der Waals surface area (Å²) in [5.41, 5.74) is 0.647. The van der Waals surface area contributed by atoms with Crippen molar-refractivity contribution in [2.24, 2.45) is 16.0 Å². The Bertz CT molecular complexity index is 1520. The standard InChI is InChI=1S/C20H20N4O5S4/c1-2-9-24-16-6-5-15(32(21,26)27)13-17(16)31-20(24)22-19(25)14-7-10-23(11-8-14)33(28,29)18-4-3-12-30-18/h1,3-6,12-14H,7-11H2,(H2,21,26,27). The Morgan fingerprint density at radius 1 is 1.21 bits per heavy atom. The van der Waals surface area contributed by atoms with Crippen molar-refractivity contribution in [2.45, 2.75) is 28.5 Å². The molecule has 1 aromatic carbocycles. The number of nitrogens with zero attached hydrogens (tertiary/aromatic N) is 3. The molecule has 33 heavy (non-hydrogen) atoms. The summed E-state index contributed by atoms with van der Waals surface area (Å²) in [6.45, 7) is 0.625. The van der Waals surface area contributed by atoms with Crippen molar-refractivity contribution in [3.05, 3.63) is 40.5 Å². The van der Waals surface area contributed by atoms with Crippen molar-refractivity contribution in [2.75, 3.05) is 13.1 Å². The largest absolute Gasteiger partial charge is 0.305 e. The first-order valence-corrected chi connectivity index (χ1v) is 14.5. The molecule has 3 aromatic rings. The number of terminal acetylenes is 1. The molecule has 1 amide bonds. The lowest BCUT2D eigenvalue weighted by Gasteiger charge is -2.29. The molecule has 0 saturated carbocycles. The smallest absolute Gasteiger partial charge is 0.252 e. The maximum Gasteiger partial charge on any atom is 0.252 e. The van der Waals surface area contributed by atoms with Crippen LogP contribution >= 0.6 is 22.7 Å². The minimum absolute atomic E-state index is 0.0405. The van der Waals surface area contributed by atoms with Gasteiger partial charge in [0.2, 0.25) is 10.0 Å². The molecule has 0 aliphatic carbocycles. The van der Waals surface area contributed by atoms with Gasteiger partial charge < -0.3 is 4.57 Å². The van der Waals surface area contributed by atoms with Crippen molar-refractivity contribution in [1.82, 2.24) is 8.87 Å². The van der Waals surface area contributed by atoms with Crippen molar-refractivity contribution >= 4 is 58.8 Å². The summed E-state index contributed by atoms with van der Waals surface area (Å²) < 4.78 is 52.6. The van der Waals surface area contributed by atoms with Crippen molar-refractivity contribution in [3.63, 3.8) is 0 Å². The molecule has 0 atom stereocenters. The number of piperidine rings is 1. The summed E-state index contributed by atoms with van der Waals surface area (Å²) >= 11 is 2.31. The predicted molar refractivity (Wildman–Crippen MR) is 126 cm³/mol. The van der Waals surface area contributed by atoms with E-state index in [9.17, 15) is 21.6 Å². The second-order valence-electron chi connectivity index (χ2n) is 7.41. The SMILES string of the molecule is C#CCn1c(=NC(=O)C2CCN(S(=O)(=O)c3cccs3)CC2)sc2cc(S(N)(=O)=O)ccc21. The molecule has 0 radical (unpaired) electrons. The Balaban J connectivity index is 1.59. The molecule has 174 valence electrons. The maximum atomic E-state index is 12.9. The number of fused-ring (bicyclic) bond motifs is 1. The predicted octanol–water partition coefficient (Wildman–Crippen LogP) is 1.57. The monoisotopic (exact) mass is 524 g/mol. The Kier molecular flexibility index (Phi) is 6.59. The van der Waals surface area contributed by atoms with Crippen LogP contribution in [0, 0.1) is 18.3 Å². The third-order valence-corrected chi connectivity index (χ3v) is 10.6. The van der Waals surface area contributed by atoms with Gasteiger partial charge in [-0.3, -0.25) is 4.79 Å². The van der Waals surface area contributed by atoms with E-state index in [1.807, 2.05) is 0 Å². The number of primary sulfonamides is 1. The number of amides is 1. The van der Waals surface area contributed by atoms with Gasteiger partial charge in [0.05, 0.1) is 21.7 Å². The zero-order valence-corrected chi connectivity index (χ0v) is 20.5. The van der Waals surface area contributed by atoms with E-state index >= 15 is 0 Å². The first-order valence-electron chi connectivity index (χ1n) is 9.83. The zero-order chi connectivity index (χ0) is 23.8. The van der Waals surface area contributed by atoms with Gasteiger partial charge >= 0.3 is 0 Å². The molecule has 13 heteroatoms. The van der Waals surface area contributed by atoms with Crippen LogP contribution < -0.4 is 9.94 Å². The van der Waals surface area contributed by atoms with Crippen LogP contribution in [-0.4, -0.2) is 44.7 Å². The number of hydrogen-bond donors (Lipinski definition) is 1. The van der Waals surface area contributed by atoms with Crippen LogP contribution in [0.5, 0.6) is 0 Å². The van der Waals surface area contributed by atoms with Gasteiger partial charge in [0.25, 0.3) is 15.9 Å². The highest BCUT2D eigenvalue weighted by atomic mass is 32.2. The number of thiophene rings is 1. The van der Waals surface area contributed by atoms with Crippen LogP contribution in [0.15, 0.2) is 49.8 Å². The molecular formula is C20H20N4O5S4. The molecule has 9 nitrogen and oxygen atoms in total. The van der Waals surface area contributed by atoms with Gasteiger partial charge in [-0.2, -0.15) is 9.30 Å². The summed E-state index contributed by atoms with van der Waals surface area (Å²) in [5.74, 6) is 1.75. The Morgan fingerprint density at radius 2 is 1.94 bits per heavy atom. The number of sulfonamides is 2. The van der Waals surface area contributed by atoms with E-state index in [4.69, 9.17) is 11.6 Å². The molecular weight excluding hydrogens is 505 g/mol. The minimum Gasteiger partial charge on any atom is -0.305 e. The minimum atomic E-state index is -3.88. The van der Waals surface area contributed by atoms with Crippen LogP contribution in [0.25, 0.3) is 10.2 Å². The second kappa shape index (κ2) is 9.13. The lowest BCUT2D eigenvalue weighted by molar-refractivity contribution is -0.122. The third kappa shape index (κ3) is 4.81. The lowest BCUT2D eigenvalue weighted by Crippen LogP contribution is -2.40. The quantitative estimate of drug-likeness (QED) is 0.506. The number of carbonyl (C=O) groups is 1. The molecule has 0 bridgehead atoms. The molecule has 2 N–H and O–H groups in total. The number of rotatable bonds is 5. The van der Waals surface area contributed by atoms with Crippen molar-refractivity contribution in [1.29, 1.82) is 0 Å². The lowest BCUT2D eigenvalue weighted by atomic mass is 9.98. The van der Waals surface area contributed by atoms with Crippen molar-refractivity contribution in [3.8, 4) is 12.3 Å². The topological polar surface area (TPSA) is 132 Å². The molecule has 1 aliphatic rings. The number of nitrogens with two attached hydrogens (primary N) is 1. The Hall–Kier alpha value is -2.34. The first-order chi connectivity index (χ1) is 15.6. The second-order valence-corrected chi connectivity index (χ2v) is 13.1. The maximum absolute atomic E-state index is 12.9. The highest BCUT2D eigenvalue weighted by molar-refractivity contribution is 7.91. The fourth-order valence-electron chi connectivity index (χ4n) is 3.63. The molecule has 1 saturated heterocycles. The van der Waals surface area contributed by atoms with E-state index in [1.54, 1.807) is 28.1 Å². The van der Waals surface area contributed by atoms with Gasteiger partial charge in [-0.15, -0.1) is 17.8 Å². The number of thiazole rings is 1. The molecule has 0 spiro atoms. The van der Waals surface area contributed by atoms with E-state index in [0.29, 0.717) is 27.9 Å². The van der Waals surface area contributed by atoms with Gasteiger partial charge in [0, 0.05) is 19.0 Å². The molecule has 3 heterocycles. The highest BCUT2D eigenvalue weighted by Gasteiger charge is 2.32. The van der Waals surface area contributed by atoms with Gasteiger partial charge in [-0.05, 0) is 42.5 Å². The van der Waals surface area contributed by atoms with E-state index in [1.165, 1.54) is 16.4 Å². The average molecular weight is 525 g/mol. The van der Waals surface area contributed by atoms with Gasteiger partial charge in [0.15, 0.2) is 4.80 Å². The summed E-state index contributed by atoms with van der Waals surface area (Å²) in [5, 5.41) is 6.93. The normalized spacial score (nSPS) is 16.8. The summed E-state index contributed by atoms with van der Waals surface area (Å²) in [7, 11) is -7.43. The zero-order valence-electron chi connectivity index (χ0n) is 17.2. The number of aromatic nitrogens is 1. The van der Waals surface area contributed by atoms with Gasteiger partial charge in [-0.1, -0.05) is 23.3 Å². The Morgan fingerprint density at radius 3 is 2.55 bits per heavy atom. The highest BCUT2D eigenvalue weighted by Crippen LogP contribution is 2.27. The van der Waals surface area contributed by atoms with E-state index < -0.39 is 26.0 Å². The van der Waals surface area contributed by atoms with E-state index in [0.717, 1.165) is 22.7 Å². The number of carbonyl (C=O) groups excluding carboxylic acids is 1. The summed E-state index contributed by atoms with van der Waals surface area (Å²) in [6, 6.07) is 7.65. The molecule has 4 rings (SSSR count). The van der Waals surface area contributed by atoms with Crippen molar-refractivity contribution < 1.29 is 21.6 Å². The van der Waals surface area contributed by atoms with Crippen LogP contribution in [0.2, 0.25) is 0 Å². The number of benzene rings is 1. The summed E-state index contributed by atoms with van der Waals surface area (Å²) in [6.07, 6.45) is 6.21. The Labute approximate surface area is 199 Å². The molecule has 1 aliphatic heterocycles. The van der Waals surface area contributed by atoms with Gasteiger partial charge in [0.1, 0.15) is 4.21 Å².